The van der Waals surface area contributed by atoms with E-state index in [1.54, 1.807) is 0 Å². The molecule has 2 rings (SSSR count). The van der Waals surface area contributed by atoms with E-state index in [1.165, 1.54) is 5.56 Å². The molecule has 1 aromatic rings. The minimum Gasteiger partial charge on any atom is -0.330 e. The maximum atomic E-state index is 12.2. The summed E-state index contributed by atoms with van der Waals surface area (Å²) in [5, 5.41) is 0. The van der Waals surface area contributed by atoms with Gasteiger partial charge in [-0.15, -0.1) is 0 Å². The van der Waals surface area contributed by atoms with E-state index < -0.39 is 0 Å². The highest BCUT2D eigenvalue weighted by molar-refractivity contribution is 5.96. The van der Waals surface area contributed by atoms with Gasteiger partial charge in [0.1, 0.15) is 0 Å². The molecule has 4 heteroatoms. The first-order chi connectivity index (χ1) is 10.2. The molecule has 4 nitrogen and oxygen atoms in total. The van der Waals surface area contributed by atoms with Crippen LogP contribution in [0.15, 0.2) is 24.3 Å². The molecule has 2 N–H and O–H groups in total. The van der Waals surface area contributed by atoms with Crippen LogP contribution in [-0.2, 0) is 6.42 Å². The van der Waals surface area contributed by atoms with Crippen molar-refractivity contribution in [2.75, 3.05) is 46.3 Å². The molecule has 21 heavy (non-hydrogen) atoms. The summed E-state index contributed by atoms with van der Waals surface area (Å²) in [5.74, 6) is 0.253. The fraction of sp³-hybridized carbons (Fsp3) is 0.588. The first kappa shape index (κ1) is 16.1. The summed E-state index contributed by atoms with van der Waals surface area (Å²) >= 11 is 0. The SMILES string of the molecule is CN1CCN(CCCC(=O)c2ccc(CCN)cc2)CC1. The molecule has 1 saturated heterocycles. The lowest BCUT2D eigenvalue weighted by atomic mass is 10.0. The molecule has 0 atom stereocenters. The molecule has 1 fully saturated rings. The average molecular weight is 289 g/mol. The number of carbonyl (C=O) groups is 1. The van der Waals surface area contributed by atoms with Gasteiger partial charge in [-0.2, -0.15) is 0 Å². The van der Waals surface area contributed by atoms with Gasteiger partial charge in [-0.25, -0.2) is 0 Å². The van der Waals surface area contributed by atoms with E-state index in [-0.39, 0.29) is 5.78 Å². The summed E-state index contributed by atoms with van der Waals surface area (Å²) in [5.41, 5.74) is 7.56. The molecular weight excluding hydrogens is 262 g/mol. The number of piperazine rings is 1. The summed E-state index contributed by atoms with van der Waals surface area (Å²) in [6, 6.07) is 7.90. The van der Waals surface area contributed by atoms with Crippen molar-refractivity contribution in [2.24, 2.45) is 5.73 Å². The van der Waals surface area contributed by atoms with Gasteiger partial charge in [0.05, 0.1) is 0 Å². The first-order valence-corrected chi connectivity index (χ1v) is 7.92. The Morgan fingerprint density at radius 3 is 2.43 bits per heavy atom. The van der Waals surface area contributed by atoms with E-state index >= 15 is 0 Å². The minimum atomic E-state index is 0.253. The zero-order valence-electron chi connectivity index (χ0n) is 13.1. The van der Waals surface area contributed by atoms with Crippen LogP contribution in [0.4, 0.5) is 0 Å². The van der Waals surface area contributed by atoms with Crippen molar-refractivity contribution >= 4 is 5.78 Å². The van der Waals surface area contributed by atoms with Gasteiger partial charge in [-0.1, -0.05) is 24.3 Å². The van der Waals surface area contributed by atoms with Crippen molar-refractivity contribution in [3.8, 4) is 0 Å². The number of hydrogen-bond donors (Lipinski definition) is 1. The largest absolute Gasteiger partial charge is 0.330 e. The van der Waals surface area contributed by atoms with Gasteiger partial charge >= 0.3 is 0 Å². The lowest BCUT2D eigenvalue weighted by molar-refractivity contribution is 0.0967. The minimum absolute atomic E-state index is 0.253. The maximum absolute atomic E-state index is 12.2. The number of Topliss-reactive ketones (excluding diaryl/α,β-unsaturated/α-hetero) is 1. The molecule has 0 saturated carbocycles. The Hall–Kier alpha value is -1.23. The summed E-state index contributed by atoms with van der Waals surface area (Å²) in [6.45, 7) is 6.20. The van der Waals surface area contributed by atoms with Crippen LogP contribution in [0.2, 0.25) is 0 Å². The maximum Gasteiger partial charge on any atom is 0.162 e. The number of hydrogen-bond acceptors (Lipinski definition) is 4. The zero-order chi connectivity index (χ0) is 15.1. The van der Waals surface area contributed by atoms with Gasteiger partial charge in [-0.3, -0.25) is 4.79 Å². The van der Waals surface area contributed by atoms with Gasteiger partial charge in [0.25, 0.3) is 0 Å². The molecule has 0 aromatic heterocycles. The van der Waals surface area contributed by atoms with Crippen LogP contribution in [0, 0.1) is 0 Å². The molecule has 116 valence electrons. The van der Waals surface area contributed by atoms with Crippen molar-refractivity contribution in [2.45, 2.75) is 19.3 Å². The highest BCUT2D eigenvalue weighted by Gasteiger charge is 2.14. The van der Waals surface area contributed by atoms with Crippen LogP contribution in [0.3, 0.4) is 0 Å². The van der Waals surface area contributed by atoms with E-state index in [4.69, 9.17) is 5.73 Å². The number of likely N-dealkylation sites (N-methyl/N-ethyl adjacent to an activating group) is 1. The predicted octanol–water partition coefficient (Wildman–Crippen LogP) is 1.40. The standard InChI is InChI=1S/C17H27N3O/c1-19-11-13-20(14-12-19)10-2-3-17(21)16-6-4-15(5-7-16)8-9-18/h4-7H,2-3,8-14,18H2,1H3. The monoisotopic (exact) mass is 289 g/mol. The molecule has 1 aromatic carbocycles. The van der Waals surface area contributed by atoms with Crippen LogP contribution < -0.4 is 5.73 Å². The van der Waals surface area contributed by atoms with Crippen LogP contribution in [0.5, 0.6) is 0 Å². The van der Waals surface area contributed by atoms with Gasteiger partial charge in [0.2, 0.25) is 0 Å². The van der Waals surface area contributed by atoms with E-state index in [1.807, 2.05) is 24.3 Å². The average Bonchev–Trinajstić information content (AvgIpc) is 2.50. The molecular formula is C17H27N3O. The Bertz CT molecular complexity index is 436. The Morgan fingerprint density at radius 2 is 1.81 bits per heavy atom. The van der Waals surface area contributed by atoms with Crippen LogP contribution in [0.1, 0.15) is 28.8 Å². The number of rotatable bonds is 7. The quantitative estimate of drug-likeness (QED) is 0.771. The van der Waals surface area contributed by atoms with E-state index in [0.717, 1.165) is 51.1 Å². The normalized spacial score (nSPS) is 17.0. The molecule has 1 heterocycles. The number of nitrogens with zero attached hydrogens (tertiary/aromatic N) is 2. The Kier molecular flexibility index (Phi) is 6.36. The molecule has 1 aliphatic rings. The third-order valence-electron chi connectivity index (χ3n) is 4.18. The topological polar surface area (TPSA) is 49.6 Å². The summed E-state index contributed by atoms with van der Waals surface area (Å²) in [6.07, 6.45) is 2.47. The number of nitrogens with two attached hydrogens (primary N) is 1. The van der Waals surface area contributed by atoms with Gasteiger partial charge in [0, 0.05) is 38.2 Å². The summed E-state index contributed by atoms with van der Waals surface area (Å²) in [7, 11) is 2.16. The smallest absolute Gasteiger partial charge is 0.162 e. The first-order valence-electron chi connectivity index (χ1n) is 7.92. The number of benzene rings is 1. The zero-order valence-corrected chi connectivity index (χ0v) is 13.1. The second-order valence-corrected chi connectivity index (χ2v) is 5.91. The second kappa shape index (κ2) is 8.27. The predicted molar refractivity (Wildman–Crippen MR) is 86.7 cm³/mol. The molecule has 1 aliphatic heterocycles. The Balaban J connectivity index is 1.71. The van der Waals surface area contributed by atoms with E-state index in [2.05, 4.69) is 16.8 Å². The third kappa shape index (κ3) is 5.23. The Labute approximate surface area is 127 Å². The number of ketones is 1. The lowest BCUT2D eigenvalue weighted by Gasteiger charge is -2.32. The molecule has 0 amide bonds. The van der Waals surface area contributed by atoms with Crippen LogP contribution >= 0.6 is 0 Å². The summed E-state index contributed by atoms with van der Waals surface area (Å²) in [4.78, 5) is 17.0. The van der Waals surface area contributed by atoms with Crippen molar-refractivity contribution < 1.29 is 4.79 Å². The summed E-state index contributed by atoms with van der Waals surface area (Å²) < 4.78 is 0. The van der Waals surface area contributed by atoms with Crippen LogP contribution in [-0.4, -0.2) is 61.9 Å². The molecule has 0 radical (unpaired) electrons. The van der Waals surface area contributed by atoms with Crippen LogP contribution in [0.25, 0.3) is 0 Å². The number of carbonyl (C=O) groups excluding carboxylic acids is 1. The highest BCUT2D eigenvalue weighted by Crippen LogP contribution is 2.10. The highest BCUT2D eigenvalue weighted by atomic mass is 16.1. The fourth-order valence-electron chi connectivity index (χ4n) is 2.70. The van der Waals surface area contributed by atoms with E-state index in [0.29, 0.717) is 13.0 Å². The lowest BCUT2D eigenvalue weighted by Crippen LogP contribution is -2.44. The van der Waals surface area contributed by atoms with Crippen molar-refractivity contribution in [1.82, 2.24) is 9.80 Å². The fourth-order valence-corrected chi connectivity index (χ4v) is 2.70. The molecule has 0 spiro atoms. The molecule has 0 unspecified atom stereocenters. The Morgan fingerprint density at radius 1 is 1.14 bits per heavy atom. The molecule has 0 aliphatic carbocycles. The van der Waals surface area contributed by atoms with Crippen molar-refractivity contribution in [3.05, 3.63) is 35.4 Å². The van der Waals surface area contributed by atoms with Gasteiger partial charge in [0.15, 0.2) is 5.78 Å². The van der Waals surface area contributed by atoms with Gasteiger partial charge in [-0.05, 0) is 38.5 Å². The van der Waals surface area contributed by atoms with Gasteiger partial charge < -0.3 is 15.5 Å². The molecule has 0 bridgehead atoms. The van der Waals surface area contributed by atoms with E-state index in [9.17, 15) is 4.79 Å². The second-order valence-electron chi connectivity index (χ2n) is 5.91. The van der Waals surface area contributed by atoms with Crippen molar-refractivity contribution in [1.29, 1.82) is 0 Å². The van der Waals surface area contributed by atoms with Crippen molar-refractivity contribution in [3.63, 3.8) is 0 Å². The third-order valence-corrected chi connectivity index (χ3v) is 4.18.